The Morgan fingerprint density at radius 1 is 0.267 bits per heavy atom. The van der Waals surface area contributed by atoms with Crippen molar-refractivity contribution in [2.45, 2.75) is 457 Å². The number of rotatable bonds is 82. The summed E-state index contributed by atoms with van der Waals surface area (Å²) < 4.78 is 68.8. The number of unbranched alkanes of at least 4 members (excludes halogenated alkanes) is 54. The Hall–Kier alpha value is -1.94. The van der Waals surface area contributed by atoms with Gasteiger partial charge in [-0.25, -0.2) is 9.13 Å². The second-order valence-electron chi connectivity index (χ2n) is 30.0. The fourth-order valence-corrected chi connectivity index (χ4v) is 14.3. The van der Waals surface area contributed by atoms with Crippen LogP contribution in [0.25, 0.3) is 0 Å². The topological polar surface area (TPSA) is 237 Å². The Morgan fingerprint density at radius 2 is 0.455 bits per heavy atom. The largest absolute Gasteiger partial charge is 0.472 e. The molecular weight excluding hydrogens is 1320 g/mol. The van der Waals surface area contributed by atoms with E-state index in [2.05, 4.69) is 34.6 Å². The van der Waals surface area contributed by atoms with E-state index in [1.807, 2.05) is 0 Å². The maximum Gasteiger partial charge on any atom is 0.472 e. The number of phosphoric acid groups is 2. The van der Waals surface area contributed by atoms with E-state index >= 15 is 0 Å². The summed E-state index contributed by atoms with van der Waals surface area (Å²) in [5, 5.41) is 10.7. The predicted molar refractivity (Wildman–Crippen MR) is 414 cm³/mol. The van der Waals surface area contributed by atoms with E-state index in [9.17, 15) is 43.2 Å². The Balaban J connectivity index is 5.25. The molecule has 0 aromatic rings. The Labute approximate surface area is 619 Å². The molecular formula is C82H160O17P2. The molecule has 3 N–H and O–H groups in total. The van der Waals surface area contributed by atoms with Gasteiger partial charge in [0.05, 0.1) is 26.4 Å². The summed E-state index contributed by atoms with van der Waals surface area (Å²) in [4.78, 5) is 73.1. The molecule has 0 bridgehead atoms. The second-order valence-corrected chi connectivity index (χ2v) is 32.9. The van der Waals surface area contributed by atoms with Crippen molar-refractivity contribution in [1.29, 1.82) is 0 Å². The summed E-state index contributed by atoms with van der Waals surface area (Å²) in [6.45, 7) is 7.37. The lowest BCUT2D eigenvalue weighted by Crippen LogP contribution is -2.30. The number of carbonyl (C=O) groups excluding carboxylic acids is 4. The second kappa shape index (κ2) is 74.9. The third kappa shape index (κ3) is 76.1. The van der Waals surface area contributed by atoms with Crippen LogP contribution in [-0.4, -0.2) is 96.7 Å². The van der Waals surface area contributed by atoms with E-state index in [0.717, 1.165) is 95.8 Å². The van der Waals surface area contributed by atoms with Crippen LogP contribution in [0.2, 0.25) is 0 Å². The van der Waals surface area contributed by atoms with Crippen LogP contribution >= 0.6 is 15.6 Å². The Morgan fingerprint density at radius 3 is 0.673 bits per heavy atom. The molecule has 0 aromatic heterocycles. The van der Waals surface area contributed by atoms with Gasteiger partial charge in [-0.2, -0.15) is 0 Å². The zero-order valence-corrected chi connectivity index (χ0v) is 67.8. The SMILES string of the molecule is CCCCCCCCCCCCCCCCCCCCC(=O)OC[C@H](COP(=O)(O)OC[C@@H](O)COP(=O)(O)OC[C@@H](COC(=O)CCCCCCCCCCCCCC)OC(=O)CCCCCCCCCCCCCCC)OC(=O)CCCCCCCCCCCCCCCCCC(C)C. The van der Waals surface area contributed by atoms with Gasteiger partial charge in [-0.1, -0.05) is 388 Å². The van der Waals surface area contributed by atoms with Crippen LogP contribution in [0.4, 0.5) is 0 Å². The summed E-state index contributed by atoms with van der Waals surface area (Å²) >= 11 is 0. The van der Waals surface area contributed by atoms with Crippen molar-refractivity contribution in [3.05, 3.63) is 0 Å². The van der Waals surface area contributed by atoms with Crippen molar-refractivity contribution >= 4 is 39.5 Å². The summed E-state index contributed by atoms with van der Waals surface area (Å²) in [5.74, 6) is -1.30. The summed E-state index contributed by atoms with van der Waals surface area (Å²) in [5.41, 5.74) is 0. The molecule has 19 heteroatoms. The Bertz CT molecular complexity index is 1930. The molecule has 0 aliphatic rings. The van der Waals surface area contributed by atoms with E-state index < -0.39 is 97.5 Å². The predicted octanol–water partition coefficient (Wildman–Crippen LogP) is 24.8. The van der Waals surface area contributed by atoms with Crippen molar-refractivity contribution in [2.24, 2.45) is 5.92 Å². The van der Waals surface area contributed by atoms with Crippen molar-refractivity contribution < 1.29 is 80.2 Å². The van der Waals surface area contributed by atoms with Gasteiger partial charge in [0.1, 0.15) is 19.3 Å². The standard InChI is InChI=1S/C82H160O17P2/c1-6-9-12-15-18-21-24-27-28-29-30-33-37-41-46-51-56-61-66-80(85)93-72-78(99-82(87)68-63-58-53-48-43-38-34-31-32-36-39-44-49-54-59-64-75(4)5)74-97-101(90,91)95-70-76(83)69-94-100(88,89)96-73-77(71-92-79(84)65-60-55-50-45-40-26-23-20-17-14-11-8-3)98-81(86)67-62-57-52-47-42-35-25-22-19-16-13-10-7-2/h75-78,83H,6-74H2,1-5H3,(H,88,89)(H,90,91)/t76-,77+,78+/m0/s1. The van der Waals surface area contributed by atoms with Crippen LogP contribution in [0.15, 0.2) is 0 Å². The minimum Gasteiger partial charge on any atom is -0.462 e. The number of esters is 4. The minimum atomic E-state index is -4.96. The van der Waals surface area contributed by atoms with Gasteiger partial charge in [-0.15, -0.1) is 0 Å². The summed E-state index contributed by atoms with van der Waals surface area (Å²) in [6.07, 6.45) is 66.4. The molecule has 0 amide bonds. The third-order valence-electron chi connectivity index (χ3n) is 19.3. The molecule has 0 radical (unpaired) electrons. The molecule has 5 atom stereocenters. The summed E-state index contributed by atoms with van der Waals surface area (Å²) in [7, 11) is -9.92. The number of aliphatic hydroxyl groups is 1. The fraction of sp³-hybridized carbons (Fsp3) is 0.951. The van der Waals surface area contributed by atoms with Crippen molar-refractivity contribution in [3.63, 3.8) is 0 Å². The van der Waals surface area contributed by atoms with Crippen molar-refractivity contribution in [3.8, 4) is 0 Å². The summed E-state index contributed by atoms with van der Waals surface area (Å²) in [6, 6.07) is 0. The highest BCUT2D eigenvalue weighted by Gasteiger charge is 2.30. The van der Waals surface area contributed by atoms with Crippen LogP contribution in [0, 0.1) is 5.92 Å². The van der Waals surface area contributed by atoms with Crippen molar-refractivity contribution in [2.75, 3.05) is 39.6 Å². The first kappa shape index (κ1) is 99.1. The fourth-order valence-electron chi connectivity index (χ4n) is 12.8. The Kier molecular flexibility index (Phi) is 73.5. The van der Waals surface area contributed by atoms with Gasteiger partial charge in [0.25, 0.3) is 0 Å². The highest BCUT2D eigenvalue weighted by atomic mass is 31.2. The minimum absolute atomic E-state index is 0.108. The van der Waals surface area contributed by atoms with Crippen LogP contribution in [0.3, 0.4) is 0 Å². The van der Waals surface area contributed by atoms with Crippen LogP contribution < -0.4 is 0 Å². The highest BCUT2D eigenvalue weighted by Crippen LogP contribution is 2.45. The molecule has 0 saturated heterocycles. The number of phosphoric ester groups is 2. The average molecular weight is 1480 g/mol. The van der Waals surface area contributed by atoms with Crippen LogP contribution in [0.1, 0.15) is 439 Å². The van der Waals surface area contributed by atoms with Gasteiger partial charge < -0.3 is 33.8 Å². The van der Waals surface area contributed by atoms with E-state index in [1.165, 1.54) is 263 Å². The molecule has 0 rings (SSSR count). The van der Waals surface area contributed by atoms with Gasteiger partial charge in [-0.3, -0.25) is 37.3 Å². The van der Waals surface area contributed by atoms with Gasteiger partial charge in [0.2, 0.25) is 0 Å². The van der Waals surface area contributed by atoms with Crippen LogP contribution in [0.5, 0.6) is 0 Å². The number of ether oxygens (including phenoxy) is 4. The molecule has 2 unspecified atom stereocenters. The molecule has 600 valence electrons. The van der Waals surface area contributed by atoms with E-state index in [1.54, 1.807) is 0 Å². The lowest BCUT2D eigenvalue weighted by atomic mass is 10.0. The van der Waals surface area contributed by atoms with Gasteiger partial charge in [0, 0.05) is 25.7 Å². The monoisotopic (exact) mass is 1480 g/mol. The zero-order valence-electron chi connectivity index (χ0n) is 66.1. The van der Waals surface area contributed by atoms with E-state index in [0.29, 0.717) is 25.7 Å². The van der Waals surface area contributed by atoms with Crippen molar-refractivity contribution in [1.82, 2.24) is 0 Å². The lowest BCUT2D eigenvalue weighted by Gasteiger charge is -2.21. The highest BCUT2D eigenvalue weighted by molar-refractivity contribution is 7.47. The molecule has 101 heavy (non-hydrogen) atoms. The molecule has 0 spiro atoms. The first-order valence-electron chi connectivity index (χ1n) is 42.6. The maximum absolute atomic E-state index is 13.1. The molecule has 0 aliphatic carbocycles. The quantitative estimate of drug-likeness (QED) is 0.0222. The van der Waals surface area contributed by atoms with E-state index in [-0.39, 0.29) is 25.7 Å². The molecule has 0 aliphatic heterocycles. The van der Waals surface area contributed by atoms with Gasteiger partial charge in [-0.05, 0) is 31.6 Å². The first-order chi connectivity index (χ1) is 49.0. The maximum atomic E-state index is 13.1. The molecule has 0 fully saturated rings. The smallest absolute Gasteiger partial charge is 0.462 e. The number of aliphatic hydroxyl groups excluding tert-OH is 1. The normalized spacial score (nSPS) is 13.8. The van der Waals surface area contributed by atoms with Gasteiger partial charge in [0.15, 0.2) is 12.2 Å². The van der Waals surface area contributed by atoms with Crippen LogP contribution in [-0.2, 0) is 65.4 Å². The van der Waals surface area contributed by atoms with Gasteiger partial charge >= 0.3 is 39.5 Å². The molecule has 17 nitrogen and oxygen atoms in total. The van der Waals surface area contributed by atoms with E-state index in [4.69, 9.17) is 37.0 Å². The number of carbonyl (C=O) groups is 4. The number of hydrogen-bond donors (Lipinski definition) is 3. The molecule has 0 saturated carbocycles. The number of hydrogen-bond acceptors (Lipinski definition) is 15. The molecule has 0 heterocycles. The lowest BCUT2D eigenvalue weighted by molar-refractivity contribution is -0.161. The average Bonchev–Trinajstić information content (AvgIpc) is 0.944. The molecule has 0 aromatic carbocycles. The first-order valence-corrected chi connectivity index (χ1v) is 45.6. The third-order valence-corrected chi connectivity index (χ3v) is 21.2. The zero-order chi connectivity index (χ0) is 74.1.